The van der Waals surface area contributed by atoms with Crippen LogP contribution < -0.4 is 0 Å². The van der Waals surface area contributed by atoms with E-state index in [4.69, 9.17) is 9.84 Å². The molecule has 4 heteroatoms. The molecule has 0 aromatic heterocycles. The first-order chi connectivity index (χ1) is 10.6. The number of ether oxygens (including phenoxy) is 1. The van der Waals surface area contributed by atoms with Gasteiger partial charge in [0.15, 0.2) is 6.10 Å². The fourth-order valence-corrected chi connectivity index (χ4v) is 2.60. The lowest BCUT2D eigenvalue weighted by Gasteiger charge is -2.11. The summed E-state index contributed by atoms with van der Waals surface area (Å²) in [5.41, 5.74) is 0. The van der Waals surface area contributed by atoms with Gasteiger partial charge in [0.2, 0.25) is 0 Å². The lowest BCUT2D eigenvalue weighted by Crippen LogP contribution is -2.25. The Morgan fingerprint density at radius 3 is 1.59 bits per heavy atom. The Kier molecular flexibility index (Phi) is 14.1. The number of carbonyl (C=O) groups excluding carboxylic acids is 1. The minimum Gasteiger partial charge on any atom is -0.479 e. The van der Waals surface area contributed by atoms with E-state index in [-0.39, 0.29) is 0 Å². The largest absolute Gasteiger partial charge is 0.479 e. The molecule has 0 aliphatic carbocycles. The highest BCUT2D eigenvalue weighted by Gasteiger charge is 2.19. The molecule has 130 valence electrons. The maximum absolute atomic E-state index is 10.9. The second-order valence-electron chi connectivity index (χ2n) is 6.11. The number of carboxylic acid groups (broad SMARTS) is 1. The molecule has 0 bridgehead atoms. The lowest BCUT2D eigenvalue weighted by molar-refractivity contribution is -0.163. The Bertz CT molecular complexity index is 289. The first kappa shape index (κ1) is 20.9. The highest BCUT2D eigenvalue weighted by Crippen LogP contribution is 2.13. The van der Waals surface area contributed by atoms with Crippen LogP contribution in [0.5, 0.6) is 0 Å². The predicted octanol–water partition coefficient (Wildman–Crippen LogP) is 5.09. The Morgan fingerprint density at radius 1 is 0.818 bits per heavy atom. The molecule has 0 spiro atoms. The van der Waals surface area contributed by atoms with Crippen molar-refractivity contribution >= 4 is 11.9 Å². The number of hydrogen-bond donors (Lipinski definition) is 1. The van der Waals surface area contributed by atoms with Crippen LogP contribution in [0.2, 0.25) is 0 Å². The zero-order valence-corrected chi connectivity index (χ0v) is 14.4. The lowest BCUT2D eigenvalue weighted by atomic mass is 10.0. The van der Waals surface area contributed by atoms with Crippen molar-refractivity contribution in [3.05, 3.63) is 0 Å². The van der Waals surface area contributed by atoms with Crippen molar-refractivity contribution in [2.45, 2.75) is 103 Å². The molecule has 0 aromatic rings. The van der Waals surface area contributed by atoms with Crippen molar-refractivity contribution in [1.82, 2.24) is 0 Å². The van der Waals surface area contributed by atoms with E-state index in [0.717, 1.165) is 19.3 Å². The molecule has 1 N–H and O–H groups in total. The SMILES string of the molecule is CCCCCCCCCCCCCC[C@H](OC(C)=O)C(=O)O. The number of carboxylic acids is 1. The summed E-state index contributed by atoms with van der Waals surface area (Å²) in [6, 6.07) is 0. The van der Waals surface area contributed by atoms with Gasteiger partial charge in [-0.05, 0) is 12.8 Å². The van der Waals surface area contributed by atoms with E-state index in [9.17, 15) is 9.59 Å². The van der Waals surface area contributed by atoms with Crippen molar-refractivity contribution in [3.63, 3.8) is 0 Å². The van der Waals surface area contributed by atoms with Gasteiger partial charge in [0.05, 0.1) is 0 Å². The number of hydrogen-bond acceptors (Lipinski definition) is 3. The third kappa shape index (κ3) is 13.9. The van der Waals surface area contributed by atoms with E-state index >= 15 is 0 Å². The van der Waals surface area contributed by atoms with Gasteiger partial charge < -0.3 is 9.84 Å². The van der Waals surface area contributed by atoms with Crippen LogP contribution in [-0.2, 0) is 14.3 Å². The van der Waals surface area contributed by atoms with Gasteiger partial charge in [0.25, 0.3) is 0 Å². The number of unbranched alkanes of at least 4 members (excludes halogenated alkanes) is 11. The van der Waals surface area contributed by atoms with Gasteiger partial charge >= 0.3 is 11.9 Å². The molecule has 0 amide bonds. The van der Waals surface area contributed by atoms with Crippen LogP contribution in [0.25, 0.3) is 0 Å². The van der Waals surface area contributed by atoms with Crippen LogP contribution in [0.1, 0.15) is 97.3 Å². The molecule has 0 saturated heterocycles. The Morgan fingerprint density at radius 2 is 1.23 bits per heavy atom. The summed E-state index contributed by atoms with van der Waals surface area (Å²) in [6.07, 6.45) is 14.4. The monoisotopic (exact) mass is 314 g/mol. The Labute approximate surface area is 135 Å². The summed E-state index contributed by atoms with van der Waals surface area (Å²) in [4.78, 5) is 21.7. The van der Waals surface area contributed by atoms with Gasteiger partial charge in [-0.25, -0.2) is 4.79 Å². The predicted molar refractivity (Wildman–Crippen MR) is 88.9 cm³/mol. The number of esters is 1. The van der Waals surface area contributed by atoms with Gasteiger partial charge in [-0.1, -0.05) is 77.6 Å². The van der Waals surface area contributed by atoms with E-state index in [1.165, 1.54) is 64.7 Å². The molecule has 0 aromatic carbocycles. The second kappa shape index (κ2) is 14.9. The molecule has 0 aliphatic heterocycles. The van der Waals surface area contributed by atoms with Crippen LogP contribution in [-0.4, -0.2) is 23.1 Å². The fraction of sp³-hybridized carbons (Fsp3) is 0.889. The zero-order chi connectivity index (χ0) is 16.6. The molecule has 0 unspecified atom stereocenters. The Hall–Kier alpha value is -1.06. The number of carbonyl (C=O) groups is 2. The summed E-state index contributed by atoms with van der Waals surface area (Å²) in [7, 11) is 0. The molecule has 0 heterocycles. The third-order valence-corrected chi connectivity index (χ3v) is 3.90. The van der Waals surface area contributed by atoms with Gasteiger partial charge in [0.1, 0.15) is 0 Å². The molecule has 4 nitrogen and oxygen atoms in total. The number of aliphatic carboxylic acids is 1. The molecular weight excluding hydrogens is 280 g/mol. The molecule has 1 atom stereocenters. The van der Waals surface area contributed by atoms with Crippen LogP contribution >= 0.6 is 0 Å². The minimum absolute atomic E-state index is 0.423. The van der Waals surface area contributed by atoms with Crippen LogP contribution in [0.3, 0.4) is 0 Å². The summed E-state index contributed by atoms with van der Waals surface area (Å²) in [5, 5.41) is 8.92. The van der Waals surface area contributed by atoms with Crippen molar-refractivity contribution in [1.29, 1.82) is 0 Å². The zero-order valence-electron chi connectivity index (χ0n) is 14.4. The second-order valence-corrected chi connectivity index (χ2v) is 6.11. The normalized spacial score (nSPS) is 12.1. The Balaban J connectivity index is 3.35. The highest BCUT2D eigenvalue weighted by molar-refractivity contribution is 5.76. The van der Waals surface area contributed by atoms with Crippen molar-refractivity contribution in [2.75, 3.05) is 0 Å². The molecule has 22 heavy (non-hydrogen) atoms. The third-order valence-electron chi connectivity index (χ3n) is 3.90. The van der Waals surface area contributed by atoms with E-state index in [0.29, 0.717) is 6.42 Å². The average molecular weight is 314 g/mol. The van der Waals surface area contributed by atoms with Crippen molar-refractivity contribution in [2.24, 2.45) is 0 Å². The van der Waals surface area contributed by atoms with Gasteiger partial charge in [-0.2, -0.15) is 0 Å². The van der Waals surface area contributed by atoms with Gasteiger partial charge in [-0.3, -0.25) is 4.79 Å². The van der Waals surface area contributed by atoms with Crippen molar-refractivity contribution < 1.29 is 19.4 Å². The molecule has 0 aliphatic rings. The maximum atomic E-state index is 10.9. The minimum atomic E-state index is -1.04. The molecular formula is C18H34O4. The summed E-state index contributed by atoms with van der Waals surface area (Å²) >= 11 is 0. The van der Waals surface area contributed by atoms with Crippen molar-refractivity contribution in [3.8, 4) is 0 Å². The molecule has 0 saturated carbocycles. The number of rotatable bonds is 15. The standard InChI is InChI=1S/C18H34O4/c1-3-4-5-6-7-8-9-10-11-12-13-14-15-17(18(20)21)22-16(2)19/h17H,3-15H2,1-2H3,(H,20,21)/t17-/m0/s1. The van der Waals surface area contributed by atoms with Gasteiger partial charge in [-0.15, -0.1) is 0 Å². The molecule has 0 rings (SSSR count). The van der Waals surface area contributed by atoms with Crippen LogP contribution in [0.15, 0.2) is 0 Å². The van der Waals surface area contributed by atoms with E-state index in [1.807, 2.05) is 0 Å². The topological polar surface area (TPSA) is 63.6 Å². The first-order valence-electron chi connectivity index (χ1n) is 8.98. The highest BCUT2D eigenvalue weighted by atomic mass is 16.6. The summed E-state index contributed by atoms with van der Waals surface area (Å²) in [6.45, 7) is 3.49. The fourth-order valence-electron chi connectivity index (χ4n) is 2.60. The van der Waals surface area contributed by atoms with E-state index in [1.54, 1.807) is 0 Å². The van der Waals surface area contributed by atoms with Crippen LogP contribution in [0.4, 0.5) is 0 Å². The summed E-state index contributed by atoms with van der Waals surface area (Å²) in [5.74, 6) is -1.57. The van der Waals surface area contributed by atoms with Gasteiger partial charge in [0, 0.05) is 6.92 Å². The smallest absolute Gasteiger partial charge is 0.345 e. The summed E-state index contributed by atoms with van der Waals surface area (Å²) < 4.78 is 4.77. The van der Waals surface area contributed by atoms with Crippen LogP contribution in [0, 0.1) is 0 Å². The quantitative estimate of drug-likeness (QED) is 0.337. The van der Waals surface area contributed by atoms with E-state index < -0.39 is 18.0 Å². The molecule has 0 fully saturated rings. The molecule has 0 radical (unpaired) electrons. The van der Waals surface area contributed by atoms with E-state index in [2.05, 4.69) is 6.92 Å². The maximum Gasteiger partial charge on any atom is 0.345 e. The average Bonchev–Trinajstić information content (AvgIpc) is 2.46. The first-order valence-corrected chi connectivity index (χ1v) is 8.98.